The molecule has 0 fully saturated rings. The molecule has 140 valence electrons. The van der Waals surface area contributed by atoms with Crippen LogP contribution in [0.15, 0.2) is 47.5 Å². The van der Waals surface area contributed by atoms with E-state index in [4.69, 9.17) is 11.6 Å². The predicted octanol–water partition coefficient (Wildman–Crippen LogP) is 3.09. The van der Waals surface area contributed by atoms with Crippen molar-refractivity contribution in [2.45, 2.75) is 32.7 Å². The third kappa shape index (κ3) is 4.68. The number of aromatic nitrogens is 3. The van der Waals surface area contributed by atoms with Crippen molar-refractivity contribution in [1.82, 2.24) is 20.3 Å². The molecule has 0 atom stereocenters. The number of nitrogens with one attached hydrogen (secondary N) is 2. The van der Waals surface area contributed by atoms with E-state index in [1.807, 2.05) is 13.8 Å². The van der Waals surface area contributed by atoms with E-state index in [0.717, 1.165) is 22.5 Å². The molecule has 0 saturated heterocycles. The summed E-state index contributed by atoms with van der Waals surface area (Å²) in [5, 5.41) is 6.63. The van der Waals surface area contributed by atoms with E-state index >= 15 is 0 Å². The van der Waals surface area contributed by atoms with Gasteiger partial charge in [-0.15, -0.1) is 0 Å². The number of aliphatic imine (C=N–C) groups is 1. The lowest BCUT2D eigenvalue weighted by molar-refractivity contribution is -0.118. The van der Waals surface area contributed by atoms with Gasteiger partial charge in [-0.05, 0) is 31.6 Å². The monoisotopic (exact) mass is 384 g/mol. The number of hydrogen-bond donors (Lipinski definition) is 2. The van der Waals surface area contributed by atoms with Crippen molar-refractivity contribution in [2.75, 3.05) is 11.9 Å². The second kappa shape index (κ2) is 7.84. The predicted molar refractivity (Wildman–Crippen MR) is 106 cm³/mol. The summed E-state index contributed by atoms with van der Waals surface area (Å²) in [4.78, 5) is 28.6. The van der Waals surface area contributed by atoms with Gasteiger partial charge in [-0.2, -0.15) is 0 Å². The molecular formula is C19H21ClN6O. The molecule has 7 nitrogen and oxygen atoms in total. The standard InChI is InChI=1S/C19H21ClN6O/c1-12(27)22-8-13-7-16(23-9-13)14-10-24-18(25-11-14)26-19(2,3)17-15(20)5-4-6-21-17/h4-6,9-11H,7-8H2,1-3H3,(H,22,27)(H,24,25,26). The molecule has 0 bridgehead atoms. The first-order valence-electron chi connectivity index (χ1n) is 8.56. The van der Waals surface area contributed by atoms with Gasteiger partial charge in [0.2, 0.25) is 11.9 Å². The van der Waals surface area contributed by atoms with Crippen LogP contribution in [0.5, 0.6) is 0 Å². The van der Waals surface area contributed by atoms with Crippen molar-refractivity contribution >= 4 is 29.2 Å². The normalized spacial score (nSPS) is 13.8. The van der Waals surface area contributed by atoms with Gasteiger partial charge in [0.15, 0.2) is 0 Å². The molecule has 8 heteroatoms. The van der Waals surface area contributed by atoms with Gasteiger partial charge >= 0.3 is 0 Å². The second-order valence-electron chi connectivity index (χ2n) is 6.83. The molecular weight excluding hydrogens is 364 g/mol. The molecule has 2 N–H and O–H groups in total. The summed E-state index contributed by atoms with van der Waals surface area (Å²) in [6.45, 7) is 5.94. The first-order valence-corrected chi connectivity index (χ1v) is 8.93. The first-order chi connectivity index (χ1) is 12.8. The highest BCUT2D eigenvalue weighted by Crippen LogP contribution is 2.28. The van der Waals surface area contributed by atoms with Gasteiger partial charge in [-0.3, -0.25) is 14.8 Å². The smallest absolute Gasteiger partial charge is 0.223 e. The Hall–Kier alpha value is -2.80. The Labute approximate surface area is 163 Å². The summed E-state index contributed by atoms with van der Waals surface area (Å²) in [6, 6.07) is 3.60. The van der Waals surface area contributed by atoms with Crippen molar-refractivity contribution < 1.29 is 4.79 Å². The number of pyridine rings is 1. The highest BCUT2D eigenvalue weighted by Gasteiger charge is 2.25. The van der Waals surface area contributed by atoms with Crippen LogP contribution >= 0.6 is 11.6 Å². The van der Waals surface area contributed by atoms with Gasteiger partial charge in [0.25, 0.3) is 0 Å². The van der Waals surface area contributed by atoms with Crippen LogP contribution in [0.3, 0.4) is 0 Å². The molecule has 0 saturated carbocycles. The zero-order valence-electron chi connectivity index (χ0n) is 15.5. The molecule has 0 spiro atoms. The molecule has 1 amide bonds. The van der Waals surface area contributed by atoms with E-state index < -0.39 is 5.54 Å². The summed E-state index contributed by atoms with van der Waals surface area (Å²) in [7, 11) is 0. The minimum atomic E-state index is -0.530. The molecule has 0 aliphatic carbocycles. The highest BCUT2D eigenvalue weighted by atomic mass is 35.5. The Morgan fingerprint density at radius 1 is 1.26 bits per heavy atom. The fourth-order valence-corrected chi connectivity index (χ4v) is 3.08. The lowest BCUT2D eigenvalue weighted by Gasteiger charge is -2.26. The third-order valence-electron chi connectivity index (χ3n) is 4.12. The number of nitrogens with zero attached hydrogens (tertiary/aromatic N) is 4. The zero-order chi connectivity index (χ0) is 19.4. The minimum absolute atomic E-state index is 0.0567. The summed E-state index contributed by atoms with van der Waals surface area (Å²) in [5.74, 6) is 0.425. The number of hydrogen-bond acceptors (Lipinski definition) is 6. The number of halogens is 1. The van der Waals surface area contributed by atoms with Crippen LogP contribution in [-0.2, 0) is 10.3 Å². The van der Waals surface area contributed by atoms with Crippen molar-refractivity contribution in [1.29, 1.82) is 0 Å². The number of anilines is 1. The van der Waals surface area contributed by atoms with E-state index in [1.165, 1.54) is 6.92 Å². The topological polar surface area (TPSA) is 92.2 Å². The molecule has 2 aromatic heterocycles. The molecule has 1 aliphatic heterocycles. The largest absolute Gasteiger partial charge is 0.353 e. The maximum Gasteiger partial charge on any atom is 0.223 e. The average molecular weight is 385 g/mol. The molecule has 3 rings (SSSR count). The van der Waals surface area contributed by atoms with Gasteiger partial charge in [0.05, 0.1) is 22.0 Å². The number of carbonyl (C=O) groups excluding carboxylic acids is 1. The van der Waals surface area contributed by atoms with Crippen LogP contribution in [0, 0.1) is 0 Å². The van der Waals surface area contributed by atoms with Crippen LogP contribution in [-0.4, -0.2) is 33.1 Å². The van der Waals surface area contributed by atoms with E-state index in [0.29, 0.717) is 23.9 Å². The van der Waals surface area contributed by atoms with Gasteiger partial charge in [-0.25, -0.2) is 9.97 Å². The lowest BCUT2D eigenvalue weighted by atomic mass is 10.00. The number of amides is 1. The average Bonchev–Trinajstić information content (AvgIpc) is 3.09. The summed E-state index contributed by atoms with van der Waals surface area (Å²) in [5.41, 5.74) is 2.98. The second-order valence-corrected chi connectivity index (χ2v) is 7.24. The van der Waals surface area contributed by atoms with Crippen molar-refractivity contribution in [3.8, 4) is 0 Å². The molecule has 1 aliphatic rings. The molecule has 3 heterocycles. The van der Waals surface area contributed by atoms with Gasteiger partial charge < -0.3 is 10.6 Å². The van der Waals surface area contributed by atoms with Gasteiger partial charge in [0.1, 0.15) is 0 Å². The first kappa shape index (κ1) is 19.0. The fraction of sp³-hybridized carbons (Fsp3) is 0.316. The molecule has 0 aromatic carbocycles. The molecule has 2 aromatic rings. The van der Waals surface area contributed by atoms with Gasteiger partial charge in [-0.1, -0.05) is 11.6 Å². The Bertz CT molecular complexity index is 905. The molecule has 0 unspecified atom stereocenters. The summed E-state index contributed by atoms with van der Waals surface area (Å²) in [6.07, 6.45) is 7.63. The third-order valence-corrected chi connectivity index (χ3v) is 4.43. The Kier molecular flexibility index (Phi) is 5.51. The highest BCUT2D eigenvalue weighted by molar-refractivity contribution is 6.31. The van der Waals surface area contributed by atoms with Crippen LogP contribution < -0.4 is 10.6 Å². The van der Waals surface area contributed by atoms with E-state index in [1.54, 1.807) is 36.9 Å². The Balaban J connectivity index is 1.65. The summed E-state index contributed by atoms with van der Waals surface area (Å²) < 4.78 is 0. The van der Waals surface area contributed by atoms with Crippen LogP contribution in [0.2, 0.25) is 5.02 Å². The van der Waals surface area contributed by atoms with E-state index in [-0.39, 0.29) is 5.91 Å². The molecule has 0 radical (unpaired) electrons. The molecule has 27 heavy (non-hydrogen) atoms. The zero-order valence-corrected chi connectivity index (χ0v) is 16.2. The maximum absolute atomic E-state index is 11.0. The minimum Gasteiger partial charge on any atom is -0.353 e. The van der Waals surface area contributed by atoms with Crippen LogP contribution in [0.4, 0.5) is 5.95 Å². The maximum atomic E-state index is 11.0. The SMILES string of the molecule is CC(=O)NCC1=CN=C(c2cnc(NC(C)(C)c3ncccc3Cl)nc2)C1. The fourth-order valence-electron chi connectivity index (χ4n) is 2.72. The van der Waals surface area contributed by atoms with Crippen molar-refractivity contribution in [3.05, 3.63) is 58.8 Å². The lowest BCUT2D eigenvalue weighted by Crippen LogP contribution is -2.30. The quantitative estimate of drug-likeness (QED) is 0.798. The van der Waals surface area contributed by atoms with E-state index in [9.17, 15) is 4.79 Å². The Morgan fingerprint density at radius 2 is 2.00 bits per heavy atom. The van der Waals surface area contributed by atoms with Crippen LogP contribution in [0.25, 0.3) is 0 Å². The number of rotatable bonds is 6. The Morgan fingerprint density at radius 3 is 2.67 bits per heavy atom. The number of carbonyl (C=O) groups is 1. The summed E-state index contributed by atoms with van der Waals surface area (Å²) >= 11 is 6.25. The van der Waals surface area contributed by atoms with E-state index in [2.05, 4.69) is 30.6 Å². The van der Waals surface area contributed by atoms with Gasteiger partial charge in [0, 0.05) is 50.2 Å². The van der Waals surface area contributed by atoms with Crippen LogP contribution in [0.1, 0.15) is 38.4 Å². The van der Waals surface area contributed by atoms with Crippen molar-refractivity contribution in [2.24, 2.45) is 4.99 Å². The van der Waals surface area contributed by atoms with Crippen molar-refractivity contribution in [3.63, 3.8) is 0 Å².